The minimum absolute atomic E-state index is 0.0683. The summed E-state index contributed by atoms with van der Waals surface area (Å²) >= 11 is 0. The van der Waals surface area contributed by atoms with Crippen LogP contribution in [0.1, 0.15) is 33.6 Å². The van der Waals surface area contributed by atoms with Gasteiger partial charge in [0.2, 0.25) is 5.91 Å². The van der Waals surface area contributed by atoms with Crippen molar-refractivity contribution in [2.24, 2.45) is 5.92 Å². The van der Waals surface area contributed by atoms with E-state index in [9.17, 15) is 9.90 Å². The molecule has 3 heteroatoms. The second kappa shape index (κ2) is 3.66. The van der Waals surface area contributed by atoms with Crippen LogP contribution in [0, 0.1) is 5.92 Å². The molecule has 0 aromatic heterocycles. The molecular weight excluding hydrogens is 166 g/mol. The molecule has 0 radical (unpaired) electrons. The third-order valence-corrected chi connectivity index (χ3v) is 3.02. The number of rotatable bonds is 1. The maximum Gasteiger partial charge on any atom is 0.219 e. The SMILES string of the molecule is CC(=O)N1CCCC(O)(C(C)C)C1. The number of likely N-dealkylation sites (tertiary alicyclic amines) is 1. The molecule has 3 nitrogen and oxygen atoms in total. The van der Waals surface area contributed by atoms with Crippen LogP contribution < -0.4 is 0 Å². The van der Waals surface area contributed by atoms with Crippen molar-refractivity contribution in [1.29, 1.82) is 0 Å². The molecule has 1 rings (SSSR count). The summed E-state index contributed by atoms with van der Waals surface area (Å²) in [4.78, 5) is 12.9. The fraction of sp³-hybridized carbons (Fsp3) is 0.900. The maximum absolute atomic E-state index is 11.1. The Balaban J connectivity index is 2.65. The summed E-state index contributed by atoms with van der Waals surface area (Å²) in [6.45, 7) is 6.86. The molecule has 1 N–H and O–H groups in total. The van der Waals surface area contributed by atoms with Crippen molar-refractivity contribution in [2.75, 3.05) is 13.1 Å². The van der Waals surface area contributed by atoms with Crippen molar-refractivity contribution in [3.63, 3.8) is 0 Å². The second-order valence-corrected chi connectivity index (χ2v) is 4.30. The van der Waals surface area contributed by atoms with E-state index in [4.69, 9.17) is 0 Å². The highest BCUT2D eigenvalue weighted by Gasteiger charge is 2.36. The largest absolute Gasteiger partial charge is 0.388 e. The molecule has 1 aliphatic heterocycles. The Morgan fingerprint density at radius 1 is 1.54 bits per heavy atom. The van der Waals surface area contributed by atoms with Crippen molar-refractivity contribution in [1.82, 2.24) is 4.90 Å². The molecule has 0 saturated carbocycles. The van der Waals surface area contributed by atoms with E-state index in [-0.39, 0.29) is 11.8 Å². The van der Waals surface area contributed by atoms with Gasteiger partial charge in [-0.1, -0.05) is 13.8 Å². The fourth-order valence-electron chi connectivity index (χ4n) is 1.80. The van der Waals surface area contributed by atoms with Crippen molar-refractivity contribution >= 4 is 5.91 Å². The number of aliphatic hydroxyl groups is 1. The van der Waals surface area contributed by atoms with Gasteiger partial charge in [-0.05, 0) is 18.8 Å². The van der Waals surface area contributed by atoms with E-state index in [1.54, 1.807) is 11.8 Å². The zero-order valence-corrected chi connectivity index (χ0v) is 8.71. The quantitative estimate of drug-likeness (QED) is 0.662. The molecule has 0 aromatic carbocycles. The van der Waals surface area contributed by atoms with Gasteiger partial charge in [0.25, 0.3) is 0 Å². The molecule has 1 atom stereocenters. The van der Waals surface area contributed by atoms with E-state index in [2.05, 4.69) is 0 Å². The lowest BCUT2D eigenvalue weighted by Gasteiger charge is -2.41. The number of hydrogen-bond acceptors (Lipinski definition) is 2. The lowest BCUT2D eigenvalue weighted by Crippen LogP contribution is -2.52. The van der Waals surface area contributed by atoms with E-state index in [0.29, 0.717) is 6.54 Å². The van der Waals surface area contributed by atoms with Crippen LogP contribution in [-0.2, 0) is 4.79 Å². The van der Waals surface area contributed by atoms with E-state index in [0.717, 1.165) is 19.4 Å². The Morgan fingerprint density at radius 2 is 2.15 bits per heavy atom. The average molecular weight is 185 g/mol. The minimum atomic E-state index is -0.663. The first-order valence-corrected chi connectivity index (χ1v) is 4.93. The van der Waals surface area contributed by atoms with Crippen molar-refractivity contribution in [3.05, 3.63) is 0 Å². The van der Waals surface area contributed by atoms with Gasteiger partial charge in [-0.2, -0.15) is 0 Å². The smallest absolute Gasteiger partial charge is 0.219 e. The molecule has 0 aromatic rings. The van der Waals surface area contributed by atoms with Crippen molar-refractivity contribution < 1.29 is 9.90 Å². The molecule has 1 amide bonds. The van der Waals surface area contributed by atoms with Crippen molar-refractivity contribution in [2.45, 2.75) is 39.2 Å². The molecule has 1 unspecified atom stereocenters. The van der Waals surface area contributed by atoms with Gasteiger partial charge in [0.05, 0.1) is 5.60 Å². The number of piperidine rings is 1. The van der Waals surface area contributed by atoms with E-state index >= 15 is 0 Å². The third-order valence-electron chi connectivity index (χ3n) is 3.02. The van der Waals surface area contributed by atoms with Crippen molar-refractivity contribution in [3.8, 4) is 0 Å². The molecule has 0 spiro atoms. The van der Waals surface area contributed by atoms with E-state index in [1.807, 2.05) is 13.8 Å². The first-order chi connectivity index (χ1) is 5.96. The van der Waals surface area contributed by atoms with Gasteiger partial charge in [0, 0.05) is 20.0 Å². The zero-order valence-electron chi connectivity index (χ0n) is 8.71. The normalized spacial score (nSPS) is 29.5. The van der Waals surface area contributed by atoms with Crippen LogP contribution in [0.4, 0.5) is 0 Å². The molecule has 1 aliphatic rings. The Morgan fingerprint density at radius 3 is 2.62 bits per heavy atom. The maximum atomic E-state index is 11.1. The number of β-amino-alcohol motifs (C(OH)–C–C–N with tert-alkyl or cyclic N) is 1. The zero-order chi connectivity index (χ0) is 10.1. The van der Waals surface area contributed by atoms with E-state index < -0.39 is 5.60 Å². The number of carbonyl (C=O) groups excluding carboxylic acids is 1. The summed E-state index contributed by atoms with van der Waals surface area (Å²) in [6.07, 6.45) is 1.72. The van der Waals surface area contributed by atoms with Crippen LogP contribution >= 0.6 is 0 Å². The molecule has 1 heterocycles. The van der Waals surface area contributed by atoms with Crippen LogP contribution in [0.2, 0.25) is 0 Å². The molecular formula is C10H19NO2. The van der Waals surface area contributed by atoms with Gasteiger partial charge >= 0.3 is 0 Å². The molecule has 76 valence electrons. The van der Waals surface area contributed by atoms with Gasteiger partial charge < -0.3 is 10.0 Å². The summed E-state index contributed by atoms with van der Waals surface area (Å²) < 4.78 is 0. The number of carbonyl (C=O) groups is 1. The molecule has 1 fully saturated rings. The summed E-state index contributed by atoms with van der Waals surface area (Å²) in [6, 6.07) is 0. The van der Waals surface area contributed by atoms with Crippen LogP contribution in [0.3, 0.4) is 0 Å². The third kappa shape index (κ3) is 2.21. The summed E-state index contributed by atoms with van der Waals surface area (Å²) in [5.41, 5.74) is -0.663. The highest BCUT2D eigenvalue weighted by molar-refractivity contribution is 5.73. The topological polar surface area (TPSA) is 40.5 Å². The van der Waals surface area contributed by atoms with Crippen LogP contribution in [-0.4, -0.2) is 34.6 Å². The fourth-order valence-corrected chi connectivity index (χ4v) is 1.80. The molecule has 13 heavy (non-hydrogen) atoms. The Bertz CT molecular complexity index is 203. The minimum Gasteiger partial charge on any atom is -0.388 e. The van der Waals surface area contributed by atoms with Crippen LogP contribution in [0.25, 0.3) is 0 Å². The number of nitrogens with zero attached hydrogens (tertiary/aromatic N) is 1. The Kier molecular flexibility index (Phi) is 2.96. The van der Waals surface area contributed by atoms with Gasteiger partial charge in [-0.25, -0.2) is 0 Å². The van der Waals surface area contributed by atoms with Crippen LogP contribution in [0.5, 0.6) is 0 Å². The summed E-state index contributed by atoms with van der Waals surface area (Å²) in [5, 5.41) is 10.2. The van der Waals surface area contributed by atoms with Crippen LogP contribution in [0.15, 0.2) is 0 Å². The van der Waals surface area contributed by atoms with Gasteiger partial charge in [0.1, 0.15) is 0 Å². The lowest BCUT2D eigenvalue weighted by molar-refractivity contribution is -0.138. The molecule has 0 aliphatic carbocycles. The number of hydrogen-bond donors (Lipinski definition) is 1. The Labute approximate surface area is 79.7 Å². The van der Waals surface area contributed by atoms with Gasteiger partial charge in [0.15, 0.2) is 0 Å². The molecule has 0 bridgehead atoms. The predicted molar refractivity (Wildman–Crippen MR) is 51.3 cm³/mol. The highest BCUT2D eigenvalue weighted by atomic mass is 16.3. The first-order valence-electron chi connectivity index (χ1n) is 4.93. The monoisotopic (exact) mass is 185 g/mol. The first kappa shape index (κ1) is 10.5. The summed E-state index contributed by atoms with van der Waals surface area (Å²) in [5.74, 6) is 0.286. The highest BCUT2D eigenvalue weighted by Crippen LogP contribution is 2.28. The molecule has 1 saturated heterocycles. The summed E-state index contributed by atoms with van der Waals surface area (Å²) in [7, 11) is 0. The second-order valence-electron chi connectivity index (χ2n) is 4.30. The van der Waals surface area contributed by atoms with E-state index in [1.165, 1.54) is 0 Å². The van der Waals surface area contributed by atoms with Gasteiger partial charge in [-0.3, -0.25) is 4.79 Å². The Hall–Kier alpha value is -0.570. The van der Waals surface area contributed by atoms with Gasteiger partial charge in [-0.15, -0.1) is 0 Å². The average Bonchev–Trinajstić information content (AvgIpc) is 2.04. The lowest BCUT2D eigenvalue weighted by atomic mass is 9.83. The predicted octanol–water partition coefficient (Wildman–Crippen LogP) is 1.02. The standard InChI is InChI=1S/C10H19NO2/c1-8(2)10(13)5-4-6-11(7-10)9(3)12/h8,13H,4-7H2,1-3H3. The number of amides is 1.